The molecule has 3 heterocycles. The largest absolute Gasteiger partial charge is 0.457 e. The maximum Gasteiger partial charge on any atom is 0.137 e. The summed E-state index contributed by atoms with van der Waals surface area (Å²) < 4.78 is 9.53. The minimum Gasteiger partial charge on any atom is -0.457 e. The molecule has 0 saturated carbocycles. The minimum absolute atomic E-state index is 0.0126. The Balaban J connectivity index is 1.13. The molecule has 0 N–H and O–H groups in total. The summed E-state index contributed by atoms with van der Waals surface area (Å²) in [6.07, 6.45) is 1.96. The molecule has 5 heteroatoms. The maximum atomic E-state index is 7.20. The topological polar surface area (TPSA) is 33.5 Å². The Bertz CT molecular complexity index is 3430. The molecule has 2 aromatic heterocycles. The third-order valence-corrected chi connectivity index (χ3v) is 15.2. The lowest BCUT2D eigenvalue weighted by molar-refractivity contribution is 0.480. The molecule has 0 spiro atoms. The van der Waals surface area contributed by atoms with E-state index in [1.54, 1.807) is 0 Å². The van der Waals surface area contributed by atoms with Gasteiger partial charge < -0.3 is 14.5 Å². The summed E-state index contributed by atoms with van der Waals surface area (Å²) in [6, 6.07) is 62.5. The van der Waals surface area contributed by atoms with Crippen molar-refractivity contribution in [2.24, 2.45) is 0 Å². The molecule has 0 atom stereocenters. The lowest BCUT2D eigenvalue weighted by atomic mass is 9.78. The highest BCUT2D eigenvalue weighted by Crippen LogP contribution is 2.49. The first-order valence-corrected chi connectivity index (χ1v) is 25.4. The van der Waals surface area contributed by atoms with Crippen molar-refractivity contribution in [1.29, 1.82) is 0 Å². The van der Waals surface area contributed by atoms with Crippen LogP contribution in [-0.4, -0.2) is 16.2 Å². The van der Waals surface area contributed by atoms with Crippen molar-refractivity contribution >= 4 is 44.6 Å². The highest BCUT2D eigenvalue weighted by Gasteiger charge is 2.33. The van der Waals surface area contributed by atoms with Crippen LogP contribution in [0.1, 0.15) is 129 Å². The average molecular weight is 935 g/mol. The predicted octanol–water partition coefficient (Wildman–Crippen LogP) is 17.8. The smallest absolute Gasteiger partial charge is 0.137 e. The van der Waals surface area contributed by atoms with E-state index < -0.39 is 0 Å². The SMILES string of the molecule is CC(C)(C)c1cccc(N2CN(c3cc(Oc4ccc5c6cc(C(C)(C)C)ccc6n(-c6cc(C(C)(C)c7ccccc7)ccn6)c5c4)cc(C(C)(C)c4ccccc4)c3)c3ccc(C(C)(C)C)cc32)c1. The average Bonchev–Trinajstić information content (AvgIpc) is 3.89. The zero-order valence-corrected chi connectivity index (χ0v) is 44.1. The van der Waals surface area contributed by atoms with Crippen molar-refractivity contribution in [3.05, 3.63) is 215 Å². The van der Waals surface area contributed by atoms with Crippen LogP contribution in [0.3, 0.4) is 0 Å². The Hall–Kier alpha value is -7.11. The highest BCUT2D eigenvalue weighted by atomic mass is 16.5. The van der Waals surface area contributed by atoms with Crippen LogP contribution in [0, 0.1) is 0 Å². The molecule has 1 aliphatic heterocycles. The molecule has 0 aliphatic carbocycles. The van der Waals surface area contributed by atoms with Crippen LogP contribution in [0.25, 0.3) is 27.6 Å². The highest BCUT2D eigenvalue weighted by molar-refractivity contribution is 6.10. The molecule has 0 bridgehead atoms. The van der Waals surface area contributed by atoms with E-state index in [0.29, 0.717) is 6.67 Å². The zero-order chi connectivity index (χ0) is 50.3. The van der Waals surface area contributed by atoms with E-state index in [9.17, 15) is 0 Å². The summed E-state index contributed by atoms with van der Waals surface area (Å²) in [4.78, 5) is 10.0. The minimum atomic E-state index is -0.333. The van der Waals surface area contributed by atoms with Crippen LogP contribution in [-0.2, 0) is 27.1 Å². The van der Waals surface area contributed by atoms with Gasteiger partial charge >= 0.3 is 0 Å². The van der Waals surface area contributed by atoms with Crippen LogP contribution >= 0.6 is 0 Å². The van der Waals surface area contributed by atoms with Crippen LogP contribution in [0.5, 0.6) is 11.5 Å². The van der Waals surface area contributed by atoms with E-state index in [1.165, 1.54) is 61.4 Å². The van der Waals surface area contributed by atoms with Crippen LogP contribution < -0.4 is 14.5 Å². The van der Waals surface area contributed by atoms with Gasteiger partial charge in [-0.25, -0.2) is 4.98 Å². The number of ether oxygens (including phenoxy) is 1. The molecule has 7 aromatic carbocycles. The second-order valence-corrected chi connectivity index (χ2v) is 24.0. The number of hydrogen-bond acceptors (Lipinski definition) is 4. The Morgan fingerprint density at radius 1 is 0.380 bits per heavy atom. The van der Waals surface area contributed by atoms with E-state index in [4.69, 9.17) is 9.72 Å². The maximum absolute atomic E-state index is 7.20. The monoisotopic (exact) mass is 935 g/mol. The first kappa shape index (κ1) is 47.6. The fraction of sp³-hybridized carbons (Fsp3) is 0.288. The Morgan fingerprint density at radius 2 is 0.958 bits per heavy atom. The third kappa shape index (κ3) is 8.90. The summed E-state index contributed by atoms with van der Waals surface area (Å²) in [6.45, 7) is 30.5. The quantitative estimate of drug-likeness (QED) is 0.144. The second kappa shape index (κ2) is 17.3. The van der Waals surface area contributed by atoms with Gasteiger partial charge in [0, 0.05) is 51.3 Å². The molecule has 10 rings (SSSR count). The van der Waals surface area contributed by atoms with E-state index in [0.717, 1.165) is 39.4 Å². The first-order chi connectivity index (χ1) is 33.6. The number of pyridine rings is 1. The molecule has 1 aliphatic rings. The van der Waals surface area contributed by atoms with Gasteiger partial charge in [-0.2, -0.15) is 0 Å². The number of anilines is 4. The van der Waals surface area contributed by atoms with Gasteiger partial charge in [0.1, 0.15) is 24.0 Å². The number of aromatic nitrogens is 2. The number of fused-ring (bicyclic) bond motifs is 4. The molecular formula is C66H70N4O. The van der Waals surface area contributed by atoms with Gasteiger partial charge in [-0.05, 0) is 128 Å². The first-order valence-electron chi connectivity index (χ1n) is 25.4. The van der Waals surface area contributed by atoms with E-state index >= 15 is 0 Å². The zero-order valence-electron chi connectivity index (χ0n) is 44.1. The third-order valence-electron chi connectivity index (χ3n) is 15.2. The predicted molar refractivity (Wildman–Crippen MR) is 300 cm³/mol. The van der Waals surface area contributed by atoms with Gasteiger partial charge in [0.25, 0.3) is 0 Å². The Kier molecular flexibility index (Phi) is 11.6. The number of benzene rings is 7. The molecular weight excluding hydrogens is 865 g/mol. The molecule has 9 aromatic rings. The van der Waals surface area contributed by atoms with E-state index in [-0.39, 0.29) is 27.1 Å². The number of nitrogens with zero attached hydrogens (tertiary/aromatic N) is 4. The Morgan fingerprint density at radius 3 is 1.62 bits per heavy atom. The molecule has 360 valence electrons. The molecule has 0 unspecified atom stereocenters. The van der Waals surface area contributed by atoms with Crippen molar-refractivity contribution in [2.45, 2.75) is 117 Å². The number of rotatable bonds is 9. The Labute approximate surface area is 422 Å². The van der Waals surface area contributed by atoms with Crippen molar-refractivity contribution in [3.8, 4) is 17.3 Å². The van der Waals surface area contributed by atoms with Gasteiger partial charge in [0.05, 0.1) is 22.4 Å². The molecule has 0 radical (unpaired) electrons. The molecule has 71 heavy (non-hydrogen) atoms. The summed E-state index contributed by atoms with van der Waals surface area (Å²) in [5.41, 5.74) is 15.0. The lowest BCUT2D eigenvalue weighted by Crippen LogP contribution is -2.25. The molecule has 0 amide bonds. The number of hydrogen-bond donors (Lipinski definition) is 0. The second-order valence-electron chi connectivity index (χ2n) is 24.0. The van der Waals surface area contributed by atoms with Gasteiger partial charge in [0.15, 0.2) is 0 Å². The van der Waals surface area contributed by atoms with Crippen molar-refractivity contribution in [2.75, 3.05) is 16.5 Å². The van der Waals surface area contributed by atoms with Crippen molar-refractivity contribution in [3.63, 3.8) is 0 Å². The van der Waals surface area contributed by atoms with Gasteiger partial charge in [-0.1, -0.05) is 175 Å². The molecule has 0 fully saturated rings. The standard InChI is InChI=1S/C66H70N4O/c1-62(2,3)46-25-20-26-51(35-46)68-43-69(58-32-28-48(39-60(58)68)64(7,8)9)52-36-50(66(12,13)45-23-18-15-19-24-45)37-54(41-52)71-53-29-30-55-56-38-47(63(4,5)6)27-31-57(56)70(59(55)42-53)61-40-49(33-34-67-61)65(10,11)44-21-16-14-17-22-44/h14-42H,43H2,1-13H3. The van der Waals surface area contributed by atoms with Gasteiger partial charge in [-0.3, -0.25) is 4.57 Å². The normalized spacial score (nSPS) is 13.6. The molecule has 5 nitrogen and oxygen atoms in total. The van der Waals surface area contributed by atoms with Crippen molar-refractivity contribution < 1.29 is 4.74 Å². The van der Waals surface area contributed by atoms with E-state index in [2.05, 4.69) is 274 Å². The van der Waals surface area contributed by atoms with Crippen LogP contribution in [0.4, 0.5) is 22.7 Å². The lowest BCUT2D eigenvalue weighted by Gasteiger charge is -2.29. The molecule has 0 saturated heterocycles. The fourth-order valence-electron chi connectivity index (χ4n) is 10.4. The summed E-state index contributed by atoms with van der Waals surface area (Å²) in [7, 11) is 0. The van der Waals surface area contributed by atoms with Crippen LogP contribution in [0.15, 0.2) is 176 Å². The van der Waals surface area contributed by atoms with Gasteiger partial charge in [-0.15, -0.1) is 0 Å². The summed E-state index contributed by atoms with van der Waals surface area (Å²) >= 11 is 0. The van der Waals surface area contributed by atoms with Gasteiger partial charge in [0.2, 0.25) is 0 Å². The summed E-state index contributed by atoms with van der Waals surface area (Å²) in [5.74, 6) is 2.42. The van der Waals surface area contributed by atoms with E-state index in [1.807, 2.05) is 6.20 Å². The van der Waals surface area contributed by atoms with Crippen LogP contribution in [0.2, 0.25) is 0 Å². The van der Waals surface area contributed by atoms with Crippen molar-refractivity contribution in [1.82, 2.24) is 9.55 Å². The summed E-state index contributed by atoms with van der Waals surface area (Å²) in [5, 5.41) is 2.36. The fourth-order valence-corrected chi connectivity index (χ4v) is 10.4.